The molecule has 1 aromatic rings. The average Bonchev–Trinajstić information content (AvgIpc) is 2.47. The van der Waals surface area contributed by atoms with Crippen LogP contribution in [-0.2, 0) is 11.3 Å². The molecule has 1 atom stereocenters. The summed E-state index contributed by atoms with van der Waals surface area (Å²) in [6.45, 7) is 8.48. The first-order valence-electron chi connectivity index (χ1n) is 7.35. The molecular weight excluding hydrogens is 250 g/mol. The zero-order valence-electron chi connectivity index (χ0n) is 12.4. The van der Waals surface area contributed by atoms with Gasteiger partial charge in [0.2, 0.25) is 0 Å². The van der Waals surface area contributed by atoms with Crippen molar-refractivity contribution in [3.63, 3.8) is 0 Å². The average molecular weight is 273 g/mol. The molecule has 1 heterocycles. The van der Waals surface area contributed by atoms with Crippen LogP contribution in [0.2, 0.25) is 0 Å². The highest BCUT2D eigenvalue weighted by molar-refractivity contribution is 5.60. The summed E-state index contributed by atoms with van der Waals surface area (Å²) in [5.41, 5.74) is 2.96. The van der Waals surface area contributed by atoms with Crippen LogP contribution in [0.1, 0.15) is 31.4 Å². The van der Waals surface area contributed by atoms with Gasteiger partial charge in [0, 0.05) is 19.6 Å². The van der Waals surface area contributed by atoms with Gasteiger partial charge in [-0.15, -0.1) is 0 Å². The van der Waals surface area contributed by atoms with Gasteiger partial charge in [-0.25, -0.2) is 0 Å². The number of nitrogens with zero attached hydrogens (tertiary/aromatic N) is 2. The highest BCUT2D eigenvalue weighted by atomic mass is 16.5. The van der Waals surface area contributed by atoms with E-state index in [0.717, 1.165) is 50.5 Å². The molecule has 0 amide bonds. The minimum Gasteiger partial charge on any atom is -0.375 e. The summed E-state index contributed by atoms with van der Waals surface area (Å²) in [5.74, 6) is 0. The second-order valence-corrected chi connectivity index (χ2v) is 5.27. The standard InChI is InChI=1S/C16H23N3O/c1-3-6-18-11-14-4-5-16(15(9-14)10-17)19-7-8-20-13(2)12-19/h4-5,9,13,18H,3,6-8,11-12H2,1-2H3. The van der Waals surface area contributed by atoms with Crippen LogP contribution in [0.15, 0.2) is 18.2 Å². The van der Waals surface area contributed by atoms with Crippen molar-refractivity contribution in [1.82, 2.24) is 5.32 Å². The second kappa shape index (κ2) is 7.28. The van der Waals surface area contributed by atoms with Crippen molar-refractivity contribution < 1.29 is 4.74 Å². The molecule has 20 heavy (non-hydrogen) atoms. The Morgan fingerprint density at radius 1 is 1.50 bits per heavy atom. The molecule has 108 valence electrons. The Kier molecular flexibility index (Phi) is 5.40. The van der Waals surface area contributed by atoms with Gasteiger partial charge < -0.3 is 15.0 Å². The van der Waals surface area contributed by atoms with Crippen molar-refractivity contribution >= 4 is 5.69 Å². The summed E-state index contributed by atoms with van der Waals surface area (Å²) >= 11 is 0. The van der Waals surface area contributed by atoms with E-state index in [4.69, 9.17) is 4.74 Å². The minimum absolute atomic E-state index is 0.223. The third-order valence-corrected chi connectivity index (χ3v) is 3.52. The lowest BCUT2D eigenvalue weighted by atomic mass is 10.1. The maximum absolute atomic E-state index is 9.38. The van der Waals surface area contributed by atoms with Crippen LogP contribution < -0.4 is 10.2 Å². The summed E-state index contributed by atoms with van der Waals surface area (Å²) in [7, 11) is 0. The number of rotatable bonds is 5. The summed E-state index contributed by atoms with van der Waals surface area (Å²) in [4.78, 5) is 2.25. The lowest BCUT2D eigenvalue weighted by Crippen LogP contribution is -2.41. The second-order valence-electron chi connectivity index (χ2n) is 5.27. The zero-order valence-corrected chi connectivity index (χ0v) is 12.4. The van der Waals surface area contributed by atoms with Crippen molar-refractivity contribution in [1.29, 1.82) is 5.26 Å². The molecule has 0 aliphatic carbocycles. The fraction of sp³-hybridized carbons (Fsp3) is 0.562. The number of nitriles is 1. The van der Waals surface area contributed by atoms with E-state index >= 15 is 0 Å². The molecule has 1 aliphatic heterocycles. The number of anilines is 1. The molecule has 2 rings (SSSR count). The fourth-order valence-electron chi connectivity index (χ4n) is 2.51. The van der Waals surface area contributed by atoms with Gasteiger partial charge >= 0.3 is 0 Å². The molecule has 1 unspecified atom stereocenters. The predicted octanol–water partition coefficient (Wildman–Crippen LogP) is 2.28. The van der Waals surface area contributed by atoms with Gasteiger partial charge in [0.25, 0.3) is 0 Å². The Labute approximate surface area is 121 Å². The molecular formula is C16H23N3O. The van der Waals surface area contributed by atoms with Crippen molar-refractivity contribution in [2.45, 2.75) is 32.9 Å². The van der Waals surface area contributed by atoms with Gasteiger partial charge in [0.15, 0.2) is 0 Å². The van der Waals surface area contributed by atoms with Crippen LogP contribution in [-0.4, -0.2) is 32.3 Å². The van der Waals surface area contributed by atoms with Gasteiger partial charge in [-0.05, 0) is 37.6 Å². The van der Waals surface area contributed by atoms with Gasteiger partial charge in [-0.1, -0.05) is 13.0 Å². The Bertz CT molecular complexity index is 481. The Morgan fingerprint density at radius 3 is 3.05 bits per heavy atom. The van der Waals surface area contributed by atoms with Crippen molar-refractivity contribution in [2.75, 3.05) is 31.1 Å². The Balaban J connectivity index is 2.11. The first-order chi connectivity index (χ1) is 9.74. The van der Waals surface area contributed by atoms with E-state index in [9.17, 15) is 5.26 Å². The normalized spacial score (nSPS) is 18.9. The minimum atomic E-state index is 0.223. The third kappa shape index (κ3) is 3.72. The van der Waals surface area contributed by atoms with E-state index in [-0.39, 0.29) is 6.10 Å². The van der Waals surface area contributed by atoms with Gasteiger partial charge in [0.1, 0.15) is 6.07 Å². The zero-order chi connectivity index (χ0) is 14.4. The highest BCUT2D eigenvalue weighted by Gasteiger charge is 2.19. The quantitative estimate of drug-likeness (QED) is 0.836. The van der Waals surface area contributed by atoms with E-state index in [0.29, 0.717) is 0 Å². The van der Waals surface area contributed by atoms with Crippen LogP contribution in [0.3, 0.4) is 0 Å². The van der Waals surface area contributed by atoms with Gasteiger partial charge in [-0.2, -0.15) is 5.26 Å². The summed E-state index contributed by atoms with van der Waals surface area (Å²) in [6, 6.07) is 8.51. The first-order valence-corrected chi connectivity index (χ1v) is 7.35. The van der Waals surface area contributed by atoms with E-state index in [2.05, 4.69) is 42.3 Å². The van der Waals surface area contributed by atoms with E-state index in [1.165, 1.54) is 5.56 Å². The van der Waals surface area contributed by atoms with Crippen LogP contribution in [0, 0.1) is 11.3 Å². The molecule has 0 saturated carbocycles. The van der Waals surface area contributed by atoms with E-state index in [1.54, 1.807) is 0 Å². The van der Waals surface area contributed by atoms with E-state index in [1.807, 2.05) is 6.07 Å². The van der Waals surface area contributed by atoms with Crippen LogP contribution in [0.25, 0.3) is 0 Å². The fourth-order valence-corrected chi connectivity index (χ4v) is 2.51. The molecule has 1 aromatic carbocycles. The van der Waals surface area contributed by atoms with Gasteiger partial charge in [-0.3, -0.25) is 0 Å². The van der Waals surface area contributed by atoms with Gasteiger partial charge in [0.05, 0.1) is 24.0 Å². The monoisotopic (exact) mass is 273 g/mol. The largest absolute Gasteiger partial charge is 0.375 e. The van der Waals surface area contributed by atoms with Crippen LogP contribution in [0.4, 0.5) is 5.69 Å². The van der Waals surface area contributed by atoms with Crippen molar-refractivity contribution in [3.05, 3.63) is 29.3 Å². The number of hydrogen-bond donors (Lipinski definition) is 1. The Hall–Kier alpha value is -1.57. The molecule has 0 spiro atoms. The molecule has 4 heteroatoms. The molecule has 1 aliphatic rings. The number of ether oxygens (including phenoxy) is 1. The molecule has 1 N–H and O–H groups in total. The molecule has 0 aromatic heterocycles. The SMILES string of the molecule is CCCNCc1ccc(N2CCOC(C)C2)c(C#N)c1. The smallest absolute Gasteiger partial charge is 0.101 e. The molecule has 4 nitrogen and oxygen atoms in total. The topological polar surface area (TPSA) is 48.3 Å². The van der Waals surface area contributed by atoms with Crippen molar-refractivity contribution in [3.8, 4) is 6.07 Å². The predicted molar refractivity (Wildman–Crippen MR) is 80.8 cm³/mol. The van der Waals surface area contributed by atoms with E-state index < -0.39 is 0 Å². The maximum Gasteiger partial charge on any atom is 0.101 e. The number of benzene rings is 1. The number of morpholine rings is 1. The number of hydrogen-bond acceptors (Lipinski definition) is 4. The molecule has 1 fully saturated rings. The molecule has 1 saturated heterocycles. The Morgan fingerprint density at radius 2 is 2.35 bits per heavy atom. The van der Waals surface area contributed by atoms with Crippen molar-refractivity contribution in [2.24, 2.45) is 0 Å². The third-order valence-electron chi connectivity index (χ3n) is 3.52. The first kappa shape index (κ1) is 14.8. The summed E-state index contributed by atoms with van der Waals surface area (Å²) in [6.07, 6.45) is 1.34. The maximum atomic E-state index is 9.38. The molecule has 0 radical (unpaired) electrons. The summed E-state index contributed by atoms with van der Waals surface area (Å²) < 4.78 is 5.56. The summed E-state index contributed by atoms with van der Waals surface area (Å²) in [5, 5.41) is 12.7. The van der Waals surface area contributed by atoms with Crippen LogP contribution >= 0.6 is 0 Å². The lowest BCUT2D eigenvalue weighted by molar-refractivity contribution is 0.0532. The number of nitrogens with one attached hydrogen (secondary N) is 1. The lowest BCUT2D eigenvalue weighted by Gasteiger charge is -2.33. The highest BCUT2D eigenvalue weighted by Crippen LogP contribution is 2.23. The molecule has 0 bridgehead atoms. The van der Waals surface area contributed by atoms with Crippen LogP contribution in [0.5, 0.6) is 0 Å².